The highest BCUT2D eigenvalue weighted by atomic mass is 16.3. The molecule has 1 aliphatic heterocycles. The van der Waals surface area contributed by atoms with E-state index in [1.54, 1.807) is 0 Å². The average molecular weight is 292 g/mol. The van der Waals surface area contributed by atoms with Crippen LogP contribution in [0.2, 0.25) is 0 Å². The lowest BCUT2D eigenvalue weighted by Gasteiger charge is -2.27. The number of nitrogens with one attached hydrogen (secondary N) is 1. The summed E-state index contributed by atoms with van der Waals surface area (Å²) in [6, 6.07) is 4.01. The second-order valence-electron chi connectivity index (χ2n) is 6.39. The minimum Gasteiger partial charge on any atom is -0.465 e. The van der Waals surface area contributed by atoms with Crippen molar-refractivity contribution in [2.45, 2.75) is 38.8 Å². The van der Waals surface area contributed by atoms with Crippen molar-refractivity contribution >= 4 is 5.91 Å². The first-order valence-electron chi connectivity index (χ1n) is 7.84. The van der Waals surface area contributed by atoms with Crippen molar-refractivity contribution in [2.75, 3.05) is 19.7 Å². The van der Waals surface area contributed by atoms with Gasteiger partial charge in [-0.1, -0.05) is 6.42 Å². The summed E-state index contributed by atoms with van der Waals surface area (Å²) < 4.78 is 5.60. The van der Waals surface area contributed by atoms with Gasteiger partial charge in [0.25, 0.3) is 0 Å². The molecule has 2 aliphatic rings. The van der Waals surface area contributed by atoms with Crippen LogP contribution in [0.1, 0.15) is 30.8 Å². The Morgan fingerprint density at radius 3 is 2.81 bits per heavy atom. The summed E-state index contributed by atoms with van der Waals surface area (Å²) in [5.74, 6) is 2.34. The first kappa shape index (κ1) is 14.6. The van der Waals surface area contributed by atoms with Gasteiger partial charge in [-0.05, 0) is 31.9 Å². The lowest BCUT2D eigenvalue weighted by atomic mass is 9.84. The number of aryl methyl sites for hydroxylation is 1. The minimum absolute atomic E-state index is 0.0548. The Morgan fingerprint density at radius 1 is 1.43 bits per heavy atom. The number of rotatable bonds is 5. The molecule has 0 spiro atoms. The fourth-order valence-electron chi connectivity index (χ4n) is 3.20. The predicted octanol–water partition coefficient (Wildman–Crippen LogP) is 1.30. The van der Waals surface area contributed by atoms with Gasteiger partial charge in [0.05, 0.1) is 6.54 Å². The van der Waals surface area contributed by atoms with Crippen LogP contribution in [0.5, 0.6) is 0 Å². The quantitative estimate of drug-likeness (QED) is 0.858. The number of aliphatic hydroxyl groups excluding tert-OH is 1. The predicted molar refractivity (Wildman–Crippen MR) is 78.6 cm³/mol. The lowest BCUT2D eigenvalue weighted by Crippen LogP contribution is -2.45. The molecular formula is C16H24N2O3. The first-order chi connectivity index (χ1) is 10.2. The van der Waals surface area contributed by atoms with E-state index in [4.69, 9.17) is 4.42 Å². The third kappa shape index (κ3) is 3.30. The van der Waals surface area contributed by atoms with Crippen molar-refractivity contribution in [3.05, 3.63) is 23.7 Å². The van der Waals surface area contributed by atoms with E-state index in [1.165, 1.54) is 0 Å². The van der Waals surface area contributed by atoms with Gasteiger partial charge in [0.15, 0.2) is 0 Å². The van der Waals surface area contributed by atoms with Crippen LogP contribution in [0.3, 0.4) is 0 Å². The summed E-state index contributed by atoms with van der Waals surface area (Å²) in [6.45, 7) is 4.37. The molecule has 0 radical (unpaired) electrons. The van der Waals surface area contributed by atoms with Crippen molar-refractivity contribution < 1.29 is 14.3 Å². The SMILES string of the molecule is Cc1ccc(CN2C[C@@H](CO)[C@H](NC(=O)C3CCC3)C2)o1. The maximum Gasteiger partial charge on any atom is 0.223 e. The van der Waals surface area contributed by atoms with Gasteiger partial charge in [-0.2, -0.15) is 0 Å². The van der Waals surface area contributed by atoms with Crippen molar-refractivity contribution in [3.63, 3.8) is 0 Å². The molecule has 1 saturated heterocycles. The molecule has 1 aromatic rings. The Morgan fingerprint density at radius 2 is 2.24 bits per heavy atom. The number of nitrogens with zero attached hydrogens (tertiary/aromatic N) is 1. The van der Waals surface area contributed by atoms with Crippen LogP contribution in [-0.2, 0) is 11.3 Å². The Bertz CT molecular complexity index is 495. The lowest BCUT2D eigenvalue weighted by molar-refractivity contribution is -0.128. The molecule has 0 unspecified atom stereocenters. The Kier molecular flexibility index (Phi) is 4.31. The number of likely N-dealkylation sites (tertiary alicyclic amines) is 1. The fourth-order valence-corrected chi connectivity index (χ4v) is 3.20. The maximum absolute atomic E-state index is 12.1. The van der Waals surface area contributed by atoms with Crippen molar-refractivity contribution in [1.82, 2.24) is 10.2 Å². The largest absolute Gasteiger partial charge is 0.465 e. The van der Waals surface area contributed by atoms with Crippen LogP contribution >= 0.6 is 0 Å². The monoisotopic (exact) mass is 292 g/mol. The molecule has 116 valence electrons. The first-order valence-corrected chi connectivity index (χ1v) is 7.84. The molecule has 2 fully saturated rings. The van der Waals surface area contributed by atoms with E-state index in [9.17, 15) is 9.90 Å². The molecular weight excluding hydrogens is 268 g/mol. The average Bonchev–Trinajstić information content (AvgIpc) is 2.94. The number of amides is 1. The van der Waals surface area contributed by atoms with E-state index < -0.39 is 0 Å². The number of aliphatic hydroxyl groups is 1. The van der Waals surface area contributed by atoms with Crippen LogP contribution in [0.4, 0.5) is 0 Å². The summed E-state index contributed by atoms with van der Waals surface area (Å²) in [5.41, 5.74) is 0. The number of carbonyl (C=O) groups excluding carboxylic acids is 1. The molecule has 0 bridgehead atoms. The number of carbonyl (C=O) groups is 1. The van der Waals surface area contributed by atoms with Crippen molar-refractivity contribution in [3.8, 4) is 0 Å². The molecule has 1 amide bonds. The van der Waals surface area contributed by atoms with E-state index in [0.29, 0.717) is 0 Å². The molecule has 2 heterocycles. The zero-order valence-corrected chi connectivity index (χ0v) is 12.5. The van der Waals surface area contributed by atoms with Crippen molar-refractivity contribution in [1.29, 1.82) is 0 Å². The molecule has 3 rings (SSSR count). The Balaban J connectivity index is 1.55. The van der Waals surface area contributed by atoms with Gasteiger partial charge in [-0.3, -0.25) is 9.69 Å². The molecule has 2 N–H and O–H groups in total. The van der Waals surface area contributed by atoms with E-state index >= 15 is 0 Å². The zero-order chi connectivity index (χ0) is 14.8. The standard InChI is InChI=1S/C16H24N2O3/c1-11-5-6-14(21-11)8-18-7-13(10-19)15(9-18)17-16(20)12-3-2-4-12/h5-6,12-13,15,19H,2-4,7-10H2,1H3,(H,17,20)/t13-,15+/m0/s1. The summed E-state index contributed by atoms with van der Waals surface area (Å²) in [7, 11) is 0. The van der Waals surface area contributed by atoms with Crippen LogP contribution in [-0.4, -0.2) is 41.7 Å². The number of furan rings is 1. The summed E-state index contributed by atoms with van der Waals surface area (Å²) in [4.78, 5) is 14.3. The number of hydrogen-bond donors (Lipinski definition) is 2. The smallest absolute Gasteiger partial charge is 0.223 e. The Hall–Kier alpha value is -1.33. The molecule has 2 atom stereocenters. The molecule has 1 saturated carbocycles. The van der Waals surface area contributed by atoms with Crippen LogP contribution in [0, 0.1) is 18.8 Å². The van der Waals surface area contributed by atoms with E-state index in [-0.39, 0.29) is 30.4 Å². The molecule has 0 aromatic carbocycles. The van der Waals surface area contributed by atoms with Gasteiger partial charge >= 0.3 is 0 Å². The van der Waals surface area contributed by atoms with Gasteiger partial charge in [-0.15, -0.1) is 0 Å². The molecule has 5 nitrogen and oxygen atoms in total. The highest BCUT2D eigenvalue weighted by Gasteiger charge is 2.35. The van der Waals surface area contributed by atoms with E-state index in [2.05, 4.69) is 10.2 Å². The second kappa shape index (κ2) is 6.20. The van der Waals surface area contributed by atoms with E-state index in [0.717, 1.165) is 50.4 Å². The van der Waals surface area contributed by atoms with Crippen LogP contribution < -0.4 is 5.32 Å². The number of hydrogen-bond acceptors (Lipinski definition) is 4. The Labute approximate surface area is 125 Å². The van der Waals surface area contributed by atoms with Crippen LogP contribution in [0.25, 0.3) is 0 Å². The topological polar surface area (TPSA) is 65.7 Å². The third-order valence-electron chi connectivity index (χ3n) is 4.73. The molecule has 21 heavy (non-hydrogen) atoms. The fraction of sp³-hybridized carbons (Fsp3) is 0.688. The van der Waals surface area contributed by atoms with Gasteiger partial charge in [0.1, 0.15) is 11.5 Å². The molecule has 1 aliphatic carbocycles. The normalized spacial score (nSPS) is 26.8. The maximum atomic E-state index is 12.1. The van der Waals surface area contributed by atoms with Gasteiger partial charge in [0.2, 0.25) is 5.91 Å². The summed E-state index contributed by atoms with van der Waals surface area (Å²) in [6.07, 6.45) is 3.19. The summed E-state index contributed by atoms with van der Waals surface area (Å²) >= 11 is 0. The second-order valence-corrected chi connectivity index (χ2v) is 6.39. The summed E-state index contributed by atoms with van der Waals surface area (Å²) in [5, 5.41) is 12.7. The van der Waals surface area contributed by atoms with Crippen LogP contribution in [0.15, 0.2) is 16.5 Å². The van der Waals surface area contributed by atoms with Crippen molar-refractivity contribution in [2.24, 2.45) is 11.8 Å². The highest BCUT2D eigenvalue weighted by Crippen LogP contribution is 2.27. The van der Waals surface area contributed by atoms with Gasteiger partial charge in [-0.25, -0.2) is 0 Å². The molecule has 1 aromatic heterocycles. The highest BCUT2D eigenvalue weighted by molar-refractivity contribution is 5.79. The minimum atomic E-state index is 0.0548. The molecule has 5 heteroatoms. The van der Waals surface area contributed by atoms with E-state index in [1.807, 2.05) is 19.1 Å². The van der Waals surface area contributed by atoms with Gasteiger partial charge in [0, 0.05) is 37.6 Å². The van der Waals surface area contributed by atoms with Gasteiger partial charge < -0.3 is 14.8 Å². The third-order valence-corrected chi connectivity index (χ3v) is 4.73. The zero-order valence-electron chi connectivity index (χ0n) is 12.5.